The van der Waals surface area contributed by atoms with Crippen molar-refractivity contribution in [1.82, 2.24) is 15.2 Å². The van der Waals surface area contributed by atoms with Crippen LogP contribution in [0, 0.1) is 0 Å². The highest BCUT2D eigenvalue weighted by Crippen LogP contribution is 2.17. The minimum Gasteiger partial charge on any atom is -0.465 e. The number of aromatic nitrogens is 3. The molecule has 0 aliphatic rings. The summed E-state index contributed by atoms with van der Waals surface area (Å²) in [5.41, 5.74) is 1.51. The molecular formula is C18H15N5O3. The molecule has 0 atom stereocenters. The third-order valence-electron chi connectivity index (χ3n) is 3.39. The zero-order valence-corrected chi connectivity index (χ0v) is 13.8. The summed E-state index contributed by atoms with van der Waals surface area (Å²) in [6.45, 7) is 0. The highest BCUT2D eigenvalue weighted by Gasteiger charge is 2.08. The van der Waals surface area contributed by atoms with Gasteiger partial charge in [0.25, 0.3) is 5.91 Å². The highest BCUT2D eigenvalue weighted by atomic mass is 16.5. The van der Waals surface area contributed by atoms with Gasteiger partial charge in [0.2, 0.25) is 0 Å². The van der Waals surface area contributed by atoms with Crippen LogP contribution in [-0.2, 0) is 4.74 Å². The number of hydrogen-bond acceptors (Lipinski definition) is 7. The van der Waals surface area contributed by atoms with E-state index < -0.39 is 5.97 Å². The lowest BCUT2D eigenvalue weighted by atomic mass is 10.2. The minimum absolute atomic E-state index is 0.313. The van der Waals surface area contributed by atoms with Crippen molar-refractivity contribution in [2.75, 3.05) is 17.7 Å². The van der Waals surface area contributed by atoms with Gasteiger partial charge in [-0.05, 0) is 42.5 Å². The average molecular weight is 349 g/mol. The van der Waals surface area contributed by atoms with Crippen molar-refractivity contribution >= 4 is 29.2 Å². The second-order valence-electron chi connectivity index (χ2n) is 5.20. The van der Waals surface area contributed by atoms with Crippen molar-refractivity contribution in [2.45, 2.75) is 0 Å². The maximum atomic E-state index is 12.0. The van der Waals surface area contributed by atoms with Crippen molar-refractivity contribution in [3.63, 3.8) is 0 Å². The Hall–Kier alpha value is -3.81. The van der Waals surface area contributed by atoms with Crippen LogP contribution in [0.3, 0.4) is 0 Å². The van der Waals surface area contributed by atoms with Crippen LogP contribution in [0.2, 0.25) is 0 Å². The van der Waals surface area contributed by atoms with E-state index in [9.17, 15) is 9.59 Å². The number of methoxy groups -OCH3 is 1. The lowest BCUT2D eigenvalue weighted by Gasteiger charge is -2.08. The molecule has 1 amide bonds. The van der Waals surface area contributed by atoms with Crippen LogP contribution in [0.5, 0.6) is 0 Å². The highest BCUT2D eigenvalue weighted by molar-refractivity contribution is 6.03. The van der Waals surface area contributed by atoms with Gasteiger partial charge < -0.3 is 15.4 Å². The van der Waals surface area contributed by atoms with E-state index in [0.29, 0.717) is 28.5 Å². The number of hydrogen-bond donors (Lipinski definition) is 2. The van der Waals surface area contributed by atoms with E-state index >= 15 is 0 Å². The first-order valence-corrected chi connectivity index (χ1v) is 7.66. The summed E-state index contributed by atoms with van der Waals surface area (Å²) in [6, 6.07) is 13.4. The maximum Gasteiger partial charge on any atom is 0.337 e. The summed E-state index contributed by atoms with van der Waals surface area (Å²) in [5.74, 6) is 0.0335. The zero-order chi connectivity index (χ0) is 18.4. The van der Waals surface area contributed by atoms with Crippen LogP contribution in [0.15, 0.2) is 60.9 Å². The van der Waals surface area contributed by atoms with Gasteiger partial charge in [0.1, 0.15) is 0 Å². The van der Waals surface area contributed by atoms with Gasteiger partial charge in [-0.1, -0.05) is 6.07 Å². The van der Waals surface area contributed by atoms with Gasteiger partial charge in [-0.3, -0.25) is 9.78 Å². The quantitative estimate of drug-likeness (QED) is 0.682. The van der Waals surface area contributed by atoms with Gasteiger partial charge in [0.15, 0.2) is 11.6 Å². The topological polar surface area (TPSA) is 106 Å². The Bertz CT molecular complexity index is 914. The molecule has 0 fully saturated rings. The summed E-state index contributed by atoms with van der Waals surface area (Å²) >= 11 is 0. The number of anilines is 3. The number of amides is 1. The molecule has 1 aromatic carbocycles. The molecule has 0 unspecified atom stereocenters. The number of benzene rings is 1. The predicted octanol–water partition coefficient (Wildman–Crippen LogP) is 2.65. The molecule has 0 aliphatic heterocycles. The third-order valence-corrected chi connectivity index (χ3v) is 3.39. The fraction of sp³-hybridized carbons (Fsp3) is 0.0556. The molecule has 2 aromatic heterocycles. The van der Waals surface area contributed by atoms with Gasteiger partial charge in [-0.25, -0.2) is 4.79 Å². The van der Waals surface area contributed by atoms with Crippen molar-refractivity contribution in [2.24, 2.45) is 0 Å². The first-order valence-electron chi connectivity index (χ1n) is 7.66. The van der Waals surface area contributed by atoms with Crippen LogP contribution < -0.4 is 10.6 Å². The van der Waals surface area contributed by atoms with E-state index in [1.165, 1.54) is 13.3 Å². The fourth-order valence-electron chi connectivity index (χ4n) is 2.14. The lowest BCUT2D eigenvalue weighted by Crippen LogP contribution is -2.13. The number of carbonyl (C=O) groups excluding carboxylic acids is 2. The first kappa shape index (κ1) is 17.0. The van der Waals surface area contributed by atoms with E-state index in [0.717, 1.165) is 0 Å². The molecule has 0 radical (unpaired) electrons. The summed E-state index contributed by atoms with van der Waals surface area (Å²) < 4.78 is 4.69. The third kappa shape index (κ3) is 4.18. The van der Waals surface area contributed by atoms with Gasteiger partial charge in [-0.15, -0.1) is 10.2 Å². The van der Waals surface area contributed by atoms with E-state index in [1.807, 2.05) is 0 Å². The lowest BCUT2D eigenvalue weighted by molar-refractivity contribution is 0.0600. The summed E-state index contributed by atoms with van der Waals surface area (Å²) in [5, 5.41) is 13.6. The summed E-state index contributed by atoms with van der Waals surface area (Å²) in [6.07, 6.45) is 3.05. The van der Waals surface area contributed by atoms with Gasteiger partial charge in [0.05, 0.1) is 18.2 Å². The summed E-state index contributed by atoms with van der Waals surface area (Å²) in [4.78, 5) is 27.5. The number of ether oxygens (including phenoxy) is 1. The van der Waals surface area contributed by atoms with E-state index in [1.54, 1.807) is 54.7 Å². The molecule has 2 N–H and O–H groups in total. The largest absolute Gasteiger partial charge is 0.465 e. The smallest absolute Gasteiger partial charge is 0.337 e. The molecule has 26 heavy (non-hydrogen) atoms. The Morgan fingerprint density at radius 2 is 1.73 bits per heavy atom. The van der Waals surface area contributed by atoms with E-state index in [2.05, 4.69) is 25.8 Å². The molecule has 0 saturated heterocycles. The van der Waals surface area contributed by atoms with Crippen LogP contribution in [0.1, 0.15) is 20.7 Å². The predicted molar refractivity (Wildman–Crippen MR) is 95.3 cm³/mol. The Morgan fingerprint density at radius 1 is 0.962 bits per heavy atom. The van der Waals surface area contributed by atoms with Crippen LogP contribution in [-0.4, -0.2) is 34.2 Å². The number of pyridine rings is 1. The van der Waals surface area contributed by atoms with E-state index in [4.69, 9.17) is 4.74 Å². The Balaban J connectivity index is 1.66. The van der Waals surface area contributed by atoms with Crippen molar-refractivity contribution in [3.8, 4) is 0 Å². The van der Waals surface area contributed by atoms with E-state index in [-0.39, 0.29) is 5.91 Å². The number of nitrogens with zero attached hydrogens (tertiary/aromatic N) is 3. The second kappa shape index (κ2) is 7.84. The molecule has 3 aromatic rings. The number of rotatable bonds is 5. The van der Waals surface area contributed by atoms with Crippen molar-refractivity contribution in [3.05, 3.63) is 72.1 Å². The molecule has 8 nitrogen and oxygen atoms in total. The zero-order valence-electron chi connectivity index (χ0n) is 13.8. The molecule has 0 saturated carbocycles. The monoisotopic (exact) mass is 349 g/mol. The van der Waals surface area contributed by atoms with Crippen LogP contribution >= 0.6 is 0 Å². The molecule has 0 bridgehead atoms. The molecule has 0 spiro atoms. The Kier molecular flexibility index (Phi) is 5.14. The molecular weight excluding hydrogens is 334 g/mol. The first-order chi connectivity index (χ1) is 12.7. The fourth-order valence-corrected chi connectivity index (χ4v) is 2.14. The molecule has 3 rings (SSSR count). The van der Waals surface area contributed by atoms with Gasteiger partial charge in [0, 0.05) is 18.1 Å². The number of carbonyl (C=O) groups is 2. The second-order valence-corrected chi connectivity index (χ2v) is 5.20. The van der Waals surface area contributed by atoms with Crippen molar-refractivity contribution in [1.29, 1.82) is 0 Å². The molecule has 0 aliphatic carbocycles. The van der Waals surface area contributed by atoms with Gasteiger partial charge in [-0.2, -0.15) is 0 Å². The van der Waals surface area contributed by atoms with Crippen LogP contribution in [0.25, 0.3) is 0 Å². The van der Waals surface area contributed by atoms with Crippen LogP contribution in [0.4, 0.5) is 17.3 Å². The summed E-state index contributed by atoms with van der Waals surface area (Å²) in [7, 11) is 1.33. The Labute approximate surface area is 149 Å². The van der Waals surface area contributed by atoms with Crippen molar-refractivity contribution < 1.29 is 14.3 Å². The number of esters is 1. The Morgan fingerprint density at radius 3 is 2.42 bits per heavy atom. The standard InChI is InChI=1S/C18H15N5O3/c1-26-18(25)12-4-2-6-14(10-12)20-15-7-8-16(23-22-15)21-17(24)13-5-3-9-19-11-13/h2-11H,1H3,(H,20,22)(H,21,23,24). The SMILES string of the molecule is COC(=O)c1cccc(Nc2ccc(NC(=O)c3cccnc3)nn2)c1. The molecule has 130 valence electrons. The minimum atomic E-state index is -0.423. The van der Waals surface area contributed by atoms with Gasteiger partial charge >= 0.3 is 5.97 Å². The average Bonchev–Trinajstić information content (AvgIpc) is 2.69. The number of nitrogens with one attached hydrogen (secondary N) is 2. The molecule has 8 heteroatoms. The maximum absolute atomic E-state index is 12.0. The normalized spacial score (nSPS) is 10.0. The molecule has 2 heterocycles.